The fourth-order valence-corrected chi connectivity index (χ4v) is 4.23. The SMILES string of the molecule is O=C(NCC[C@@H](CCO)c1cccs1)c1cc(Br)cs1. The molecule has 0 radical (unpaired) electrons. The molecule has 0 fully saturated rings. The Morgan fingerprint density at radius 3 is 2.85 bits per heavy atom. The molecule has 1 amide bonds. The Balaban J connectivity index is 1.83. The van der Waals surface area contributed by atoms with Crippen molar-refractivity contribution in [3.05, 3.63) is 43.2 Å². The molecule has 0 aliphatic heterocycles. The van der Waals surface area contributed by atoms with E-state index in [9.17, 15) is 4.79 Å². The number of halogens is 1. The summed E-state index contributed by atoms with van der Waals surface area (Å²) >= 11 is 6.47. The smallest absolute Gasteiger partial charge is 0.261 e. The lowest BCUT2D eigenvalue weighted by atomic mass is 10.00. The first-order valence-electron chi connectivity index (χ1n) is 6.37. The van der Waals surface area contributed by atoms with Crippen LogP contribution in [0.5, 0.6) is 0 Å². The highest BCUT2D eigenvalue weighted by atomic mass is 79.9. The van der Waals surface area contributed by atoms with Gasteiger partial charge in [0.15, 0.2) is 0 Å². The number of carbonyl (C=O) groups excluding carboxylic acids is 1. The number of hydrogen-bond donors (Lipinski definition) is 2. The fraction of sp³-hybridized carbons (Fsp3) is 0.357. The van der Waals surface area contributed by atoms with E-state index in [0.717, 1.165) is 17.3 Å². The first-order valence-corrected chi connectivity index (χ1v) is 8.92. The van der Waals surface area contributed by atoms with Gasteiger partial charge in [-0.05, 0) is 52.2 Å². The Morgan fingerprint density at radius 2 is 2.25 bits per heavy atom. The third kappa shape index (κ3) is 4.41. The van der Waals surface area contributed by atoms with Crippen molar-refractivity contribution in [2.45, 2.75) is 18.8 Å². The predicted octanol–water partition coefficient (Wildman–Crippen LogP) is 3.86. The Bertz CT molecular complexity index is 539. The molecule has 108 valence electrons. The van der Waals surface area contributed by atoms with Crippen molar-refractivity contribution >= 4 is 44.5 Å². The molecule has 0 spiro atoms. The fourth-order valence-electron chi connectivity index (χ4n) is 1.99. The summed E-state index contributed by atoms with van der Waals surface area (Å²) in [7, 11) is 0. The molecule has 2 heterocycles. The van der Waals surface area contributed by atoms with Crippen LogP contribution < -0.4 is 5.32 Å². The van der Waals surface area contributed by atoms with Crippen LogP contribution in [0, 0.1) is 0 Å². The minimum Gasteiger partial charge on any atom is -0.396 e. The minimum atomic E-state index is -0.0328. The van der Waals surface area contributed by atoms with Gasteiger partial charge in [-0.3, -0.25) is 4.79 Å². The monoisotopic (exact) mass is 373 g/mol. The van der Waals surface area contributed by atoms with E-state index in [1.165, 1.54) is 16.2 Å². The number of carbonyl (C=O) groups is 1. The standard InChI is InChI=1S/C14H16BrNO2S2/c15-11-8-13(20-9-11)14(18)16-5-3-10(4-6-17)12-2-1-7-19-12/h1-2,7-10,17H,3-6H2,(H,16,18)/t10-/m0/s1. The number of hydrogen-bond acceptors (Lipinski definition) is 4. The molecule has 2 rings (SSSR count). The maximum Gasteiger partial charge on any atom is 0.261 e. The topological polar surface area (TPSA) is 49.3 Å². The second kappa shape index (κ2) is 7.93. The molecule has 0 unspecified atom stereocenters. The summed E-state index contributed by atoms with van der Waals surface area (Å²) < 4.78 is 0.935. The van der Waals surface area contributed by atoms with Crippen molar-refractivity contribution in [1.82, 2.24) is 5.32 Å². The molecule has 0 bridgehead atoms. The lowest BCUT2D eigenvalue weighted by Crippen LogP contribution is -2.25. The molecule has 0 aromatic carbocycles. The van der Waals surface area contributed by atoms with Crippen LogP contribution in [-0.2, 0) is 0 Å². The third-order valence-electron chi connectivity index (χ3n) is 2.99. The average Bonchev–Trinajstić information content (AvgIpc) is 3.08. The van der Waals surface area contributed by atoms with Crippen LogP contribution in [0.2, 0.25) is 0 Å². The first-order chi connectivity index (χ1) is 9.70. The molecule has 3 nitrogen and oxygen atoms in total. The van der Waals surface area contributed by atoms with Gasteiger partial charge in [0.1, 0.15) is 0 Å². The molecule has 0 saturated carbocycles. The lowest BCUT2D eigenvalue weighted by molar-refractivity contribution is 0.0956. The normalized spacial score (nSPS) is 12.3. The van der Waals surface area contributed by atoms with Crippen molar-refractivity contribution in [1.29, 1.82) is 0 Å². The molecule has 20 heavy (non-hydrogen) atoms. The van der Waals surface area contributed by atoms with E-state index in [0.29, 0.717) is 17.3 Å². The Hall–Kier alpha value is -0.690. The maximum absolute atomic E-state index is 11.9. The number of nitrogens with one attached hydrogen (secondary N) is 1. The summed E-state index contributed by atoms with van der Waals surface area (Å²) in [6.45, 7) is 0.797. The second-order valence-corrected chi connectivity index (χ2v) is 7.20. The molecule has 6 heteroatoms. The van der Waals surface area contributed by atoms with E-state index in [2.05, 4.69) is 27.3 Å². The van der Waals surface area contributed by atoms with Gasteiger partial charge in [-0.25, -0.2) is 0 Å². The second-order valence-electron chi connectivity index (χ2n) is 4.40. The number of rotatable bonds is 7. The summed E-state index contributed by atoms with van der Waals surface area (Å²) in [6.07, 6.45) is 1.58. The van der Waals surface area contributed by atoms with E-state index in [4.69, 9.17) is 5.11 Å². The molecule has 0 aliphatic carbocycles. The quantitative estimate of drug-likeness (QED) is 0.773. The van der Waals surface area contributed by atoms with Gasteiger partial charge in [-0.2, -0.15) is 0 Å². The van der Waals surface area contributed by atoms with E-state index >= 15 is 0 Å². The molecular formula is C14H16BrNO2S2. The number of amides is 1. The van der Waals surface area contributed by atoms with E-state index in [1.54, 1.807) is 11.3 Å². The van der Waals surface area contributed by atoms with Crippen LogP contribution in [0.25, 0.3) is 0 Å². The molecular weight excluding hydrogens is 358 g/mol. The van der Waals surface area contributed by atoms with Gasteiger partial charge >= 0.3 is 0 Å². The van der Waals surface area contributed by atoms with Crippen LogP contribution in [-0.4, -0.2) is 24.2 Å². The summed E-state index contributed by atoms with van der Waals surface area (Å²) in [4.78, 5) is 13.9. The maximum atomic E-state index is 11.9. The van der Waals surface area contributed by atoms with Gasteiger partial charge < -0.3 is 10.4 Å². The first kappa shape index (κ1) is 15.7. The predicted molar refractivity (Wildman–Crippen MR) is 87.7 cm³/mol. The van der Waals surface area contributed by atoms with Crippen molar-refractivity contribution in [2.24, 2.45) is 0 Å². The molecule has 0 saturated heterocycles. The van der Waals surface area contributed by atoms with Gasteiger partial charge in [-0.15, -0.1) is 22.7 Å². The summed E-state index contributed by atoms with van der Waals surface area (Å²) in [5.74, 6) is 0.282. The lowest BCUT2D eigenvalue weighted by Gasteiger charge is -2.14. The molecule has 0 aliphatic rings. The van der Waals surface area contributed by atoms with Gasteiger partial charge in [0.2, 0.25) is 0 Å². The van der Waals surface area contributed by atoms with E-state index in [-0.39, 0.29) is 12.5 Å². The van der Waals surface area contributed by atoms with Gasteiger partial charge in [-0.1, -0.05) is 6.07 Å². The van der Waals surface area contributed by atoms with Gasteiger partial charge in [0.25, 0.3) is 5.91 Å². The third-order valence-corrected chi connectivity index (χ3v) is 5.72. The Morgan fingerprint density at radius 1 is 1.40 bits per heavy atom. The molecule has 2 aromatic heterocycles. The average molecular weight is 374 g/mol. The molecule has 1 atom stereocenters. The number of thiophene rings is 2. The molecule has 2 aromatic rings. The number of aliphatic hydroxyl groups is 1. The highest BCUT2D eigenvalue weighted by molar-refractivity contribution is 9.10. The van der Waals surface area contributed by atoms with Crippen molar-refractivity contribution in [3.8, 4) is 0 Å². The van der Waals surface area contributed by atoms with Gasteiger partial charge in [0.05, 0.1) is 4.88 Å². The zero-order valence-electron chi connectivity index (χ0n) is 10.8. The minimum absolute atomic E-state index is 0.0328. The largest absolute Gasteiger partial charge is 0.396 e. The number of aliphatic hydroxyl groups excluding tert-OH is 1. The Kier molecular flexibility index (Phi) is 6.22. The van der Waals surface area contributed by atoms with E-state index in [1.807, 2.05) is 22.9 Å². The van der Waals surface area contributed by atoms with Crippen LogP contribution in [0.4, 0.5) is 0 Å². The van der Waals surface area contributed by atoms with Crippen molar-refractivity contribution in [3.63, 3.8) is 0 Å². The highest BCUT2D eigenvalue weighted by Gasteiger charge is 2.13. The van der Waals surface area contributed by atoms with Crippen LogP contribution in [0.15, 0.2) is 33.4 Å². The Labute approximate surface area is 134 Å². The van der Waals surface area contributed by atoms with Crippen LogP contribution >= 0.6 is 38.6 Å². The summed E-state index contributed by atoms with van der Waals surface area (Å²) in [6, 6.07) is 5.93. The highest BCUT2D eigenvalue weighted by Crippen LogP contribution is 2.27. The van der Waals surface area contributed by atoms with Crippen LogP contribution in [0.1, 0.15) is 33.3 Å². The van der Waals surface area contributed by atoms with E-state index < -0.39 is 0 Å². The summed E-state index contributed by atoms with van der Waals surface area (Å²) in [5.41, 5.74) is 0. The molecule has 2 N–H and O–H groups in total. The van der Waals surface area contributed by atoms with Crippen molar-refractivity contribution < 1.29 is 9.90 Å². The van der Waals surface area contributed by atoms with Crippen LogP contribution in [0.3, 0.4) is 0 Å². The van der Waals surface area contributed by atoms with Crippen molar-refractivity contribution in [2.75, 3.05) is 13.2 Å². The summed E-state index contributed by atoms with van der Waals surface area (Å²) in [5, 5.41) is 16.0. The zero-order valence-corrected chi connectivity index (χ0v) is 14.1. The zero-order chi connectivity index (χ0) is 14.4. The van der Waals surface area contributed by atoms with Gasteiger partial charge in [0, 0.05) is 27.9 Å².